The van der Waals surface area contributed by atoms with E-state index in [1.807, 2.05) is 31.4 Å². The van der Waals surface area contributed by atoms with Gasteiger partial charge in [0.05, 0.1) is 12.5 Å². The molecule has 19 heavy (non-hydrogen) atoms. The monoisotopic (exact) mass is 281 g/mol. The minimum atomic E-state index is -0.633. The largest absolute Gasteiger partial charge is 0.623 e. The standard InChI is InChI=1S/C14H19NO3S/c1-5-18-13(16)11-9(2)15(17)14(3,4)12(11)10-7-6-8-19-10/h6-8,11-12H,5H2,1-4H3. The number of carbonyl (C=O) groups excluding carboxylic acids is 1. The average molecular weight is 281 g/mol. The average Bonchev–Trinajstić information content (AvgIpc) is 2.91. The number of hydroxylamine groups is 1. The molecule has 2 unspecified atom stereocenters. The summed E-state index contributed by atoms with van der Waals surface area (Å²) in [5, 5.41) is 14.3. The lowest BCUT2D eigenvalue weighted by molar-refractivity contribution is -0.534. The quantitative estimate of drug-likeness (QED) is 0.486. The van der Waals surface area contributed by atoms with Gasteiger partial charge in [-0.25, -0.2) is 4.74 Å². The molecule has 4 nitrogen and oxygen atoms in total. The predicted molar refractivity (Wildman–Crippen MR) is 75.6 cm³/mol. The van der Waals surface area contributed by atoms with Crippen LogP contribution in [0.15, 0.2) is 17.5 Å². The SMILES string of the molecule is CCOC(=O)C1C(C)=[N+]([O-])C(C)(C)C1c1cccs1. The van der Waals surface area contributed by atoms with Crippen molar-refractivity contribution in [2.24, 2.45) is 5.92 Å². The van der Waals surface area contributed by atoms with Gasteiger partial charge in [0.25, 0.3) is 0 Å². The van der Waals surface area contributed by atoms with Crippen LogP contribution in [0.2, 0.25) is 0 Å². The second kappa shape index (κ2) is 4.96. The van der Waals surface area contributed by atoms with Crippen LogP contribution in [0.5, 0.6) is 0 Å². The van der Waals surface area contributed by atoms with Gasteiger partial charge in [0.2, 0.25) is 0 Å². The maximum atomic E-state index is 12.3. The molecule has 5 heteroatoms. The predicted octanol–water partition coefficient (Wildman–Crippen LogP) is 2.77. The summed E-state index contributed by atoms with van der Waals surface area (Å²) in [7, 11) is 0. The van der Waals surface area contributed by atoms with Crippen LogP contribution in [0.3, 0.4) is 0 Å². The summed E-state index contributed by atoms with van der Waals surface area (Å²) in [5.74, 6) is -0.931. The van der Waals surface area contributed by atoms with E-state index in [1.54, 1.807) is 25.2 Å². The van der Waals surface area contributed by atoms with Crippen LogP contribution >= 0.6 is 11.3 Å². The molecule has 0 spiro atoms. The van der Waals surface area contributed by atoms with Crippen LogP contribution in [0.25, 0.3) is 0 Å². The molecular weight excluding hydrogens is 262 g/mol. The Balaban J connectivity index is 2.46. The highest BCUT2D eigenvalue weighted by atomic mass is 32.1. The van der Waals surface area contributed by atoms with Crippen molar-refractivity contribution in [3.05, 3.63) is 27.6 Å². The van der Waals surface area contributed by atoms with Crippen LogP contribution in [0.1, 0.15) is 38.5 Å². The maximum absolute atomic E-state index is 12.3. The topological polar surface area (TPSA) is 52.4 Å². The number of carbonyl (C=O) groups is 1. The molecule has 1 aliphatic rings. The molecule has 0 aromatic carbocycles. The van der Waals surface area contributed by atoms with Gasteiger partial charge in [-0.2, -0.15) is 0 Å². The zero-order chi connectivity index (χ0) is 14.2. The third-order valence-electron chi connectivity index (χ3n) is 3.78. The highest BCUT2D eigenvalue weighted by Crippen LogP contribution is 2.45. The molecule has 2 rings (SSSR count). The Morgan fingerprint density at radius 3 is 2.79 bits per heavy atom. The van der Waals surface area contributed by atoms with E-state index < -0.39 is 11.5 Å². The number of ether oxygens (including phenoxy) is 1. The molecule has 0 bridgehead atoms. The van der Waals surface area contributed by atoms with Crippen molar-refractivity contribution in [2.75, 3.05) is 6.61 Å². The first-order valence-electron chi connectivity index (χ1n) is 6.42. The molecule has 104 valence electrons. The van der Waals surface area contributed by atoms with Crippen molar-refractivity contribution in [3.63, 3.8) is 0 Å². The Hall–Kier alpha value is -1.36. The molecule has 2 atom stereocenters. The third kappa shape index (κ3) is 2.16. The Bertz CT molecular complexity index is 505. The molecule has 1 aromatic heterocycles. The van der Waals surface area contributed by atoms with Crippen LogP contribution in [0.4, 0.5) is 0 Å². The summed E-state index contributed by atoms with van der Waals surface area (Å²) >= 11 is 1.58. The van der Waals surface area contributed by atoms with Crippen molar-refractivity contribution >= 4 is 23.0 Å². The van der Waals surface area contributed by atoms with Crippen LogP contribution in [0, 0.1) is 11.1 Å². The molecule has 0 fully saturated rings. The first kappa shape index (κ1) is 14.1. The van der Waals surface area contributed by atoms with Crippen molar-refractivity contribution in [3.8, 4) is 0 Å². The number of esters is 1. The summed E-state index contributed by atoms with van der Waals surface area (Å²) in [6, 6.07) is 3.93. The zero-order valence-corrected chi connectivity index (χ0v) is 12.5. The lowest BCUT2D eigenvalue weighted by Crippen LogP contribution is -2.36. The normalized spacial score (nSPS) is 25.7. The smallest absolute Gasteiger partial charge is 0.320 e. The van der Waals surface area contributed by atoms with E-state index >= 15 is 0 Å². The van der Waals surface area contributed by atoms with Crippen molar-refractivity contribution in [2.45, 2.75) is 39.2 Å². The molecule has 1 aromatic rings. The van der Waals surface area contributed by atoms with E-state index in [2.05, 4.69) is 0 Å². The lowest BCUT2D eigenvalue weighted by Gasteiger charge is -2.26. The molecule has 2 heterocycles. The molecular formula is C14H19NO3S. The fourth-order valence-electron chi connectivity index (χ4n) is 2.88. The second-order valence-electron chi connectivity index (χ2n) is 5.31. The van der Waals surface area contributed by atoms with Gasteiger partial charge in [-0.3, -0.25) is 4.79 Å². The summed E-state index contributed by atoms with van der Waals surface area (Å²) < 4.78 is 6.12. The van der Waals surface area contributed by atoms with Gasteiger partial charge in [0, 0.05) is 25.6 Å². The zero-order valence-electron chi connectivity index (χ0n) is 11.7. The number of rotatable bonds is 3. The molecule has 0 saturated heterocycles. The van der Waals surface area contributed by atoms with E-state index in [0.717, 1.165) is 9.62 Å². The number of thiophene rings is 1. The van der Waals surface area contributed by atoms with Gasteiger partial charge in [-0.15, -0.1) is 11.3 Å². The van der Waals surface area contributed by atoms with E-state index in [4.69, 9.17) is 4.74 Å². The minimum Gasteiger partial charge on any atom is -0.623 e. The second-order valence-corrected chi connectivity index (χ2v) is 6.29. The maximum Gasteiger partial charge on any atom is 0.320 e. The van der Waals surface area contributed by atoms with Crippen molar-refractivity contribution < 1.29 is 14.3 Å². The number of nitrogens with zero attached hydrogens (tertiary/aromatic N) is 1. The molecule has 0 amide bonds. The molecule has 0 N–H and O–H groups in total. The van der Waals surface area contributed by atoms with Crippen molar-refractivity contribution in [1.29, 1.82) is 0 Å². The first-order valence-corrected chi connectivity index (χ1v) is 7.30. The van der Waals surface area contributed by atoms with Gasteiger partial charge in [0.15, 0.2) is 17.2 Å². The van der Waals surface area contributed by atoms with Crippen molar-refractivity contribution in [1.82, 2.24) is 0 Å². The van der Waals surface area contributed by atoms with Crippen LogP contribution in [-0.4, -0.2) is 28.6 Å². The van der Waals surface area contributed by atoms with Gasteiger partial charge < -0.3 is 9.94 Å². The van der Waals surface area contributed by atoms with Crippen LogP contribution in [-0.2, 0) is 9.53 Å². The van der Waals surface area contributed by atoms with E-state index in [9.17, 15) is 10.0 Å². The van der Waals surface area contributed by atoms with Gasteiger partial charge in [-0.1, -0.05) is 6.07 Å². The molecule has 0 aliphatic carbocycles. The van der Waals surface area contributed by atoms with E-state index in [0.29, 0.717) is 12.3 Å². The molecule has 0 saturated carbocycles. The number of hydrogen-bond donors (Lipinski definition) is 0. The van der Waals surface area contributed by atoms with E-state index in [1.165, 1.54) is 0 Å². The Labute approximate surface area is 117 Å². The Kier molecular flexibility index (Phi) is 3.67. The van der Waals surface area contributed by atoms with E-state index in [-0.39, 0.29) is 11.9 Å². The minimum absolute atomic E-state index is 0.149. The highest BCUT2D eigenvalue weighted by molar-refractivity contribution is 7.10. The Morgan fingerprint density at radius 2 is 2.26 bits per heavy atom. The van der Waals surface area contributed by atoms with Gasteiger partial charge in [-0.05, 0) is 18.4 Å². The van der Waals surface area contributed by atoms with Gasteiger partial charge >= 0.3 is 5.97 Å². The fraction of sp³-hybridized carbons (Fsp3) is 0.571. The highest BCUT2D eigenvalue weighted by Gasteiger charge is 2.56. The molecule has 0 radical (unpaired) electrons. The summed E-state index contributed by atoms with van der Waals surface area (Å²) in [6.45, 7) is 7.60. The lowest BCUT2D eigenvalue weighted by atomic mass is 9.79. The fourth-order valence-corrected chi connectivity index (χ4v) is 3.92. The summed E-state index contributed by atoms with van der Waals surface area (Å²) in [6.07, 6.45) is 0. The Morgan fingerprint density at radius 1 is 1.58 bits per heavy atom. The van der Waals surface area contributed by atoms with Gasteiger partial charge in [0.1, 0.15) is 0 Å². The third-order valence-corrected chi connectivity index (χ3v) is 4.73. The summed E-state index contributed by atoms with van der Waals surface area (Å²) in [5.41, 5.74) is -0.0892. The van der Waals surface area contributed by atoms with Crippen LogP contribution < -0.4 is 0 Å². The number of hydrogen-bond acceptors (Lipinski definition) is 4. The molecule has 1 aliphatic heterocycles. The summed E-state index contributed by atoms with van der Waals surface area (Å²) in [4.78, 5) is 13.2. The first-order chi connectivity index (χ1) is 8.91.